The van der Waals surface area contributed by atoms with Gasteiger partial charge in [0.2, 0.25) is 5.91 Å². The lowest BCUT2D eigenvalue weighted by atomic mass is 9.81. The molecule has 4 rings (SSSR count). The average molecular weight is 357 g/mol. The molecule has 3 fully saturated rings. The molecule has 0 unspecified atom stereocenters. The fourth-order valence-corrected chi connectivity index (χ4v) is 4.68. The summed E-state index contributed by atoms with van der Waals surface area (Å²) in [6.07, 6.45) is 4.79. The van der Waals surface area contributed by atoms with E-state index in [1.54, 1.807) is 0 Å². The minimum atomic E-state index is -0.119. The highest BCUT2D eigenvalue weighted by atomic mass is 16.2. The van der Waals surface area contributed by atoms with Crippen LogP contribution in [0.25, 0.3) is 0 Å². The highest BCUT2D eigenvalue weighted by molar-refractivity contribution is 6.00. The van der Waals surface area contributed by atoms with Crippen LogP contribution < -0.4 is 10.6 Å². The fourth-order valence-electron chi connectivity index (χ4n) is 4.68. The number of carbonyl (C=O) groups is 1. The number of hydrogen-bond acceptors (Lipinski definition) is 4. The molecule has 0 aliphatic carbocycles. The van der Waals surface area contributed by atoms with Crippen LogP contribution in [-0.4, -0.2) is 60.6 Å². The Morgan fingerprint density at radius 3 is 2.46 bits per heavy atom. The third kappa shape index (κ3) is 3.28. The number of amides is 1. The van der Waals surface area contributed by atoms with Gasteiger partial charge in [0.25, 0.3) is 0 Å². The molecule has 3 heterocycles. The first-order chi connectivity index (χ1) is 12.5. The van der Waals surface area contributed by atoms with Gasteiger partial charge in [0, 0.05) is 18.3 Å². The molecule has 0 spiro atoms. The predicted molar refractivity (Wildman–Crippen MR) is 105 cm³/mol. The van der Waals surface area contributed by atoms with Crippen LogP contribution in [0.5, 0.6) is 0 Å². The van der Waals surface area contributed by atoms with E-state index in [0.717, 1.165) is 18.7 Å². The zero-order chi connectivity index (χ0) is 18.3. The molecule has 3 aliphatic heterocycles. The lowest BCUT2D eigenvalue weighted by Gasteiger charge is -2.28. The Balaban J connectivity index is 1.42. The number of nitrogens with two attached hydrogens (primary N) is 1. The van der Waals surface area contributed by atoms with Crippen molar-refractivity contribution in [3.8, 4) is 0 Å². The topological polar surface area (TPSA) is 52.8 Å². The van der Waals surface area contributed by atoms with Gasteiger partial charge in [0.15, 0.2) is 0 Å². The molecule has 0 radical (unpaired) electrons. The Bertz CT molecular complexity index is 650. The molecule has 1 aromatic carbocycles. The molecule has 2 N–H and O–H groups in total. The molecular formula is C21H32N4O. The van der Waals surface area contributed by atoms with Crippen molar-refractivity contribution in [2.24, 2.45) is 5.73 Å². The number of rotatable bonds is 5. The van der Waals surface area contributed by atoms with Crippen LogP contribution in [-0.2, 0) is 10.2 Å². The van der Waals surface area contributed by atoms with Crippen molar-refractivity contribution < 1.29 is 4.79 Å². The van der Waals surface area contributed by atoms with Crippen molar-refractivity contribution in [2.45, 2.75) is 57.0 Å². The Labute approximate surface area is 157 Å². The highest BCUT2D eigenvalue weighted by Crippen LogP contribution is 2.32. The fraction of sp³-hybridized carbons (Fsp3) is 0.667. The minimum absolute atomic E-state index is 0.0173. The number of carbonyl (C=O) groups excluding carboxylic acids is 1. The number of nitrogens with zero attached hydrogens (tertiary/aromatic N) is 3. The van der Waals surface area contributed by atoms with Crippen LogP contribution in [0.2, 0.25) is 0 Å². The molecule has 142 valence electrons. The molecule has 3 saturated heterocycles. The largest absolute Gasteiger partial charge is 0.326 e. The van der Waals surface area contributed by atoms with E-state index in [1.807, 2.05) is 4.90 Å². The quantitative estimate of drug-likeness (QED) is 0.878. The summed E-state index contributed by atoms with van der Waals surface area (Å²) in [5.41, 5.74) is 8.62. The molecule has 0 bridgehead atoms. The van der Waals surface area contributed by atoms with Gasteiger partial charge < -0.3 is 10.6 Å². The van der Waals surface area contributed by atoms with Gasteiger partial charge >= 0.3 is 0 Å². The second-order valence-corrected chi connectivity index (χ2v) is 8.85. The van der Waals surface area contributed by atoms with Crippen molar-refractivity contribution >= 4 is 11.6 Å². The first-order valence-electron chi connectivity index (χ1n) is 10.1. The van der Waals surface area contributed by atoms with Crippen molar-refractivity contribution in [3.05, 3.63) is 29.8 Å². The van der Waals surface area contributed by atoms with E-state index in [0.29, 0.717) is 6.67 Å². The smallest absolute Gasteiger partial charge is 0.247 e. The second-order valence-electron chi connectivity index (χ2n) is 8.85. The molecule has 3 aliphatic rings. The van der Waals surface area contributed by atoms with Gasteiger partial charge in [-0.1, -0.05) is 26.0 Å². The molecule has 1 aromatic rings. The Hall–Kier alpha value is -1.43. The number of fused-ring (bicyclic) bond motifs is 1. The Morgan fingerprint density at radius 2 is 1.81 bits per heavy atom. The van der Waals surface area contributed by atoms with E-state index in [2.05, 4.69) is 47.9 Å². The van der Waals surface area contributed by atoms with Crippen LogP contribution in [0.1, 0.15) is 45.1 Å². The number of likely N-dealkylation sites (tertiary alicyclic amines) is 1. The van der Waals surface area contributed by atoms with Crippen LogP contribution >= 0.6 is 0 Å². The van der Waals surface area contributed by atoms with Gasteiger partial charge in [-0.15, -0.1) is 0 Å². The van der Waals surface area contributed by atoms with Crippen LogP contribution in [0.3, 0.4) is 0 Å². The minimum Gasteiger partial charge on any atom is -0.326 e. The average Bonchev–Trinajstić information content (AvgIpc) is 3.34. The van der Waals surface area contributed by atoms with Gasteiger partial charge in [0.05, 0.1) is 6.67 Å². The zero-order valence-corrected chi connectivity index (χ0v) is 16.2. The lowest BCUT2D eigenvalue weighted by Crippen LogP contribution is -2.41. The summed E-state index contributed by atoms with van der Waals surface area (Å²) in [5.74, 6) is 0.163. The Morgan fingerprint density at radius 1 is 1.12 bits per heavy atom. The van der Waals surface area contributed by atoms with E-state index in [4.69, 9.17) is 5.73 Å². The summed E-state index contributed by atoms with van der Waals surface area (Å²) in [6.45, 7) is 9.94. The van der Waals surface area contributed by atoms with Crippen LogP contribution in [0, 0.1) is 0 Å². The molecule has 0 saturated carbocycles. The first kappa shape index (κ1) is 18.0. The highest BCUT2D eigenvalue weighted by Gasteiger charge is 2.46. The van der Waals surface area contributed by atoms with Crippen molar-refractivity contribution in [3.63, 3.8) is 0 Å². The maximum atomic E-state index is 12.7. The van der Waals surface area contributed by atoms with Crippen molar-refractivity contribution in [2.75, 3.05) is 37.7 Å². The predicted octanol–water partition coefficient (Wildman–Crippen LogP) is 2.16. The number of anilines is 1. The van der Waals surface area contributed by atoms with E-state index >= 15 is 0 Å². The zero-order valence-electron chi connectivity index (χ0n) is 16.2. The van der Waals surface area contributed by atoms with E-state index in [-0.39, 0.29) is 23.4 Å². The molecule has 5 heteroatoms. The van der Waals surface area contributed by atoms with Crippen LogP contribution in [0.15, 0.2) is 24.3 Å². The van der Waals surface area contributed by atoms with E-state index < -0.39 is 0 Å². The summed E-state index contributed by atoms with van der Waals surface area (Å²) in [6, 6.07) is 8.49. The summed E-state index contributed by atoms with van der Waals surface area (Å²) in [4.78, 5) is 19.4. The van der Waals surface area contributed by atoms with Crippen molar-refractivity contribution in [1.29, 1.82) is 0 Å². The van der Waals surface area contributed by atoms with Crippen LogP contribution in [0.4, 0.5) is 5.69 Å². The third-order valence-electron chi connectivity index (χ3n) is 6.60. The molecule has 0 aromatic heterocycles. The Kier molecular flexibility index (Phi) is 4.80. The molecule has 5 nitrogen and oxygen atoms in total. The maximum absolute atomic E-state index is 12.7. The molecule has 2 atom stereocenters. The number of hydrogen-bond donors (Lipinski definition) is 1. The second kappa shape index (κ2) is 6.95. The standard InChI is InChI=1S/C21H32N4O/c1-21(2,10-14-23-11-3-4-12-23)16-5-7-17(8-6-16)25-15-24-13-9-18(22)19(24)20(25)26/h5-8,18-19H,3-4,9-15,22H2,1-2H3/t18-,19+/m1/s1. The summed E-state index contributed by atoms with van der Waals surface area (Å²) in [5, 5.41) is 0. The third-order valence-corrected chi connectivity index (χ3v) is 6.60. The van der Waals surface area contributed by atoms with Gasteiger partial charge in [-0.25, -0.2) is 0 Å². The molecule has 26 heavy (non-hydrogen) atoms. The monoisotopic (exact) mass is 356 g/mol. The van der Waals surface area contributed by atoms with Gasteiger partial charge in [-0.3, -0.25) is 14.6 Å². The summed E-state index contributed by atoms with van der Waals surface area (Å²) < 4.78 is 0. The number of benzene rings is 1. The van der Waals surface area contributed by atoms with E-state index in [9.17, 15) is 4.79 Å². The summed E-state index contributed by atoms with van der Waals surface area (Å²) >= 11 is 0. The maximum Gasteiger partial charge on any atom is 0.247 e. The normalized spacial score (nSPS) is 27.5. The van der Waals surface area contributed by atoms with Gasteiger partial charge in [0.1, 0.15) is 6.04 Å². The lowest BCUT2D eigenvalue weighted by molar-refractivity contribution is -0.119. The van der Waals surface area contributed by atoms with Gasteiger partial charge in [-0.05, 0) is 68.4 Å². The summed E-state index contributed by atoms with van der Waals surface area (Å²) in [7, 11) is 0. The van der Waals surface area contributed by atoms with Gasteiger partial charge in [-0.2, -0.15) is 0 Å². The molecular weight excluding hydrogens is 324 g/mol. The van der Waals surface area contributed by atoms with Crippen molar-refractivity contribution in [1.82, 2.24) is 9.80 Å². The SMILES string of the molecule is CC(C)(CCN1CCCC1)c1ccc(N2CN3CC[C@@H](N)[C@H]3C2=O)cc1. The molecule has 1 amide bonds. The van der Waals surface area contributed by atoms with E-state index in [1.165, 1.54) is 44.5 Å². The first-order valence-corrected chi connectivity index (χ1v) is 10.1.